The van der Waals surface area contributed by atoms with Crippen LogP contribution in [0.3, 0.4) is 0 Å². The molecule has 108 valence electrons. The first-order chi connectivity index (χ1) is 10.3. The summed E-state index contributed by atoms with van der Waals surface area (Å²) in [5, 5.41) is 1.03. The second-order valence-corrected chi connectivity index (χ2v) is 4.97. The summed E-state index contributed by atoms with van der Waals surface area (Å²) in [6.45, 7) is 2.75. The number of para-hydroxylation sites is 1. The number of nitrogens with two attached hydrogens (primary N) is 1. The molecule has 0 bridgehead atoms. The molecular weight excluding hydrogens is 264 g/mol. The van der Waals surface area contributed by atoms with Crippen LogP contribution in [-0.2, 0) is 0 Å². The van der Waals surface area contributed by atoms with Gasteiger partial charge in [0.25, 0.3) is 0 Å². The van der Waals surface area contributed by atoms with Gasteiger partial charge >= 0.3 is 0 Å². The van der Waals surface area contributed by atoms with E-state index in [9.17, 15) is 0 Å². The third-order valence-corrected chi connectivity index (χ3v) is 3.41. The fourth-order valence-electron chi connectivity index (χ4n) is 2.32. The second kappa shape index (κ2) is 5.97. The fraction of sp³-hybridized carbons (Fsp3) is 0.235. The molecule has 0 spiro atoms. The molecule has 4 heteroatoms. The van der Waals surface area contributed by atoms with Gasteiger partial charge in [-0.15, -0.1) is 0 Å². The van der Waals surface area contributed by atoms with Crippen molar-refractivity contribution in [3.05, 3.63) is 60.1 Å². The van der Waals surface area contributed by atoms with E-state index in [0.29, 0.717) is 6.61 Å². The normalized spacial score (nSPS) is 12.5. The van der Waals surface area contributed by atoms with E-state index in [-0.39, 0.29) is 6.04 Å². The summed E-state index contributed by atoms with van der Waals surface area (Å²) in [6.07, 6.45) is 6.15. The number of pyridine rings is 1. The van der Waals surface area contributed by atoms with Crippen LogP contribution in [0.2, 0.25) is 0 Å². The number of nitrogens with zero attached hydrogens (tertiary/aromatic N) is 1. The molecule has 1 aromatic carbocycles. The van der Waals surface area contributed by atoms with Gasteiger partial charge in [-0.3, -0.25) is 4.98 Å². The van der Waals surface area contributed by atoms with Crippen molar-refractivity contribution in [3.63, 3.8) is 0 Å². The Balaban J connectivity index is 1.92. The summed E-state index contributed by atoms with van der Waals surface area (Å²) in [7, 11) is 0. The lowest BCUT2D eigenvalue weighted by Crippen LogP contribution is -2.12. The third kappa shape index (κ3) is 2.76. The van der Waals surface area contributed by atoms with Crippen LogP contribution in [0, 0.1) is 0 Å². The third-order valence-electron chi connectivity index (χ3n) is 3.41. The van der Waals surface area contributed by atoms with Crippen LogP contribution < -0.4 is 10.5 Å². The minimum atomic E-state index is -0.286. The zero-order valence-electron chi connectivity index (χ0n) is 12.0. The first-order valence-electron chi connectivity index (χ1n) is 7.09. The molecule has 0 saturated carbocycles. The monoisotopic (exact) mass is 282 g/mol. The number of furan rings is 1. The first-order valence-corrected chi connectivity index (χ1v) is 7.09. The highest BCUT2D eigenvalue weighted by Gasteiger charge is 2.16. The lowest BCUT2D eigenvalue weighted by atomic mass is 10.0. The Morgan fingerprint density at radius 2 is 2.14 bits per heavy atom. The van der Waals surface area contributed by atoms with E-state index in [1.165, 1.54) is 0 Å². The Bertz CT molecular complexity index is 736. The molecule has 1 atom stereocenters. The SMILES string of the molecule is CCCOc1cncc(C(N)c2coc3ccccc23)c1. The topological polar surface area (TPSA) is 61.3 Å². The Kier molecular flexibility index (Phi) is 3.88. The van der Waals surface area contributed by atoms with Crippen LogP contribution in [0.15, 0.2) is 53.4 Å². The molecule has 3 rings (SSSR count). The van der Waals surface area contributed by atoms with Gasteiger partial charge in [-0.2, -0.15) is 0 Å². The molecule has 2 aromatic heterocycles. The molecule has 21 heavy (non-hydrogen) atoms. The standard InChI is InChI=1S/C17H18N2O2/c1-2-7-20-13-8-12(9-19-10-13)17(18)15-11-21-16-6-4-3-5-14(15)16/h3-6,8-11,17H,2,7,18H2,1H3. The van der Waals surface area contributed by atoms with E-state index < -0.39 is 0 Å². The van der Waals surface area contributed by atoms with Gasteiger partial charge in [-0.05, 0) is 24.1 Å². The summed E-state index contributed by atoms with van der Waals surface area (Å²) in [5.74, 6) is 0.748. The molecule has 2 heterocycles. The van der Waals surface area contributed by atoms with Gasteiger partial charge in [0.05, 0.1) is 25.1 Å². The summed E-state index contributed by atoms with van der Waals surface area (Å²) in [6, 6.07) is 9.53. The van der Waals surface area contributed by atoms with E-state index in [0.717, 1.165) is 34.3 Å². The maximum atomic E-state index is 6.37. The van der Waals surface area contributed by atoms with Crippen LogP contribution in [0.5, 0.6) is 5.75 Å². The summed E-state index contributed by atoms with van der Waals surface area (Å²) >= 11 is 0. The second-order valence-electron chi connectivity index (χ2n) is 4.97. The van der Waals surface area contributed by atoms with E-state index >= 15 is 0 Å². The largest absolute Gasteiger partial charge is 0.492 e. The van der Waals surface area contributed by atoms with Crippen LogP contribution in [0.25, 0.3) is 11.0 Å². The van der Waals surface area contributed by atoms with E-state index in [4.69, 9.17) is 14.9 Å². The van der Waals surface area contributed by atoms with E-state index in [1.807, 2.05) is 30.3 Å². The van der Waals surface area contributed by atoms with Gasteiger partial charge in [-0.1, -0.05) is 25.1 Å². The van der Waals surface area contributed by atoms with Crippen molar-refractivity contribution in [2.24, 2.45) is 5.73 Å². The average molecular weight is 282 g/mol. The number of fused-ring (bicyclic) bond motifs is 1. The molecule has 4 nitrogen and oxygen atoms in total. The van der Waals surface area contributed by atoms with Crippen molar-refractivity contribution >= 4 is 11.0 Å². The molecule has 0 aliphatic carbocycles. The molecule has 0 saturated heterocycles. The lowest BCUT2D eigenvalue weighted by Gasteiger charge is -2.12. The lowest BCUT2D eigenvalue weighted by molar-refractivity contribution is 0.315. The van der Waals surface area contributed by atoms with Crippen LogP contribution >= 0.6 is 0 Å². The van der Waals surface area contributed by atoms with Crippen molar-refractivity contribution in [1.29, 1.82) is 0 Å². The Hall–Kier alpha value is -2.33. The summed E-state index contributed by atoms with van der Waals surface area (Å²) in [4.78, 5) is 4.21. The molecule has 1 unspecified atom stereocenters. The molecule has 3 aromatic rings. The highest BCUT2D eigenvalue weighted by molar-refractivity contribution is 5.81. The number of hydrogen-bond donors (Lipinski definition) is 1. The first kappa shape index (κ1) is 13.6. The van der Waals surface area contributed by atoms with Crippen LogP contribution in [0.1, 0.15) is 30.5 Å². The molecule has 0 fully saturated rings. The van der Waals surface area contributed by atoms with Gasteiger partial charge < -0.3 is 14.9 Å². The summed E-state index contributed by atoms with van der Waals surface area (Å²) < 4.78 is 11.2. The van der Waals surface area contributed by atoms with Crippen molar-refractivity contribution in [2.75, 3.05) is 6.61 Å². The average Bonchev–Trinajstić information content (AvgIpc) is 2.96. The Labute approximate surface area is 123 Å². The molecule has 0 aliphatic heterocycles. The zero-order valence-corrected chi connectivity index (χ0v) is 12.0. The predicted octanol–water partition coefficient (Wildman–Crippen LogP) is 3.66. The number of rotatable bonds is 5. The maximum Gasteiger partial charge on any atom is 0.137 e. The predicted molar refractivity (Wildman–Crippen MR) is 82.3 cm³/mol. The Morgan fingerprint density at radius 1 is 1.29 bits per heavy atom. The van der Waals surface area contributed by atoms with Gasteiger partial charge in [0, 0.05) is 17.1 Å². The summed E-state index contributed by atoms with van der Waals surface area (Å²) in [5.41, 5.74) is 9.08. The van der Waals surface area contributed by atoms with Crippen molar-refractivity contribution in [1.82, 2.24) is 4.98 Å². The van der Waals surface area contributed by atoms with Gasteiger partial charge in [-0.25, -0.2) is 0 Å². The highest BCUT2D eigenvalue weighted by Crippen LogP contribution is 2.29. The van der Waals surface area contributed by atoms with Crippen molar-refractivity contribution < 1.29 is 9.15 Å². The smallest absolute Gasteiger partial charge is 0.137 e. The number of ether oxygens (including phenoxy) is 1. The number of aromatic nitrogens is 1. The van der Waals surface area contributed by atoms with Gasteiger partial charge in [0.1, 0.15) is 11.3 Å². The quantitative estimate of drug-likeness (QED) is 0.775. The Morgan fingerprint density at radius 3 is 3.00 bits per heavy atom. The maximum absolute atomic E-state index is 6.37. The van der Waals surface area contributed by atoms with E-state index in [2.05, 4.69) is 11.9 Å². The van der Waals surface area contributed by atoms with Crippen LogP contribution in [0.4, 0.5) is 0 Å². The number of benzene rings is 1. The van der Waals surface area contributed by atoms with Crippen molar-refractivity contribution in [3.8, 4) is 5.75 Å². The van der Waals surface area contributed by atoms with Crippen LogP contribution in [-0.4, -0.2) is 11.6 Å². The fourth-order valence-corrected chi connectivity index (χ4v) is 2.32. The highest BCUT2D eigenvalue weighted by atomic mass is 16.5. The molecular formula is C17H18N2O2. The number of hydrogen-bond acceptors (Lipinski definition) is 4. The molecule has 0 radical (unpaired) electrons. The van der Waals surface area contributed by atoms with Crippen molar-refractivity contribution in [2.45, 2.75) is 19.4 Å². The molecule has 2 N–H and O–H groups in total. The molecule has 0 amide bonds. The van der Waals surface area contributed by atoms with Gasteiger partial charge in [0.2, 0.25) is 0 Å². The van der Waals surface area contributed by atoms with E-state index in [1.54, 1.807) is 18.7 Å². The minimum Gasteiger partial charge on any atom is -0.492 e. The molecule has 0 aliphatic rings. The zero-order chi connectivity index (χ0) is 14.7. The van der Waals surface area contributed by atoms with Gasteiger partial charge in [0.15, 0.2) is 0 Å². The minimum absolute atomic E-state index is 0.286.